The molecule has 1 aromatic rings. The summed E-state index contributed by atoms with van der Waals surface area (Å²) in [5, 5.41) is 3.44. The summed E-state index contributed by atoms with van der Waals surface area (Å²) in [6.45, 7) is 4.96. The molecule has 0 atom stereocenters. The van der Waals surface area contributed by atoms with E-state index in [0.717, 1.165) is 32.5 Å². The van der Waals surface area contributed by atoms with Gasteiger partial charge in [0, 0.05) is 24.7 Å². The van der Waals surface area contributed by atoms with Gasteiger partial charge in [0.1, 0.15) is 0 Å². The molecule has 2 heterocycles. The van der Waals surface area contributed by atoms with E-state index in [1.54, 1.807) is 12.1 Å². The fourth-order valence-electron chi connectivity index (χ4n) is 2.79. The molecule has 1 amide bonds. The first-order valence-electron chi connectivity index (χ1n) is 7.20. The average Bonchev–Trinajstić information content (AvgIpc) is 2.95. The number of carbonyl (C=O) groups excluding carboxylic acids is 1. The molecule has 1 saturated heterocycles. The van der Waals surface area contributed by atoms with Crippen molar-refractivity contribution in [3.05, 3.63) is 23.8 Å². The van der Waals surface area contributed by atoms with E-state index in [-0.39, 0.29) is 12.7 Å². The number of likely N-dealkylation sites (tertiary alicyclic amines) is 1. The number of rotatable bonds is 3. The van der Waals surface area contributed by atoms with Crippen LogP contribution >= 0.6 is 0 Å². The number of hydrogen-bond donors (Lipinski definition) is 1. The molecule has 0 aliphatic carbocycles. The van der Waals surface area contributed by atoms with Crippen molar-refractivity contribution in [2.75, 3.05) is 26.4 Å². The van der Waals surface area contributed by atoms with Crippen LogP contribution in [0.25, 0.3) is 0 Å². The molecule has 0 saturated carbocycles. The van der Waals surface area contributed by atoms with Crippen LogP contribution in [0.4, 0.5) is 0 Å². The lowest BCUT2D eigenvalue weighted by Gasteiger charge is -2.32. The Labute approximate surface area is 118 Å². The lowest BCUT2D eigenvalue weighted by Crippen LogP contribution is -2.44. The molecule has 0 unspecified atom stereocenters. The zero-order valence-electron chi connectivity index (χ0n) is 11.7. The number of nitrogens with one attached hydrogen (secondary N) is 1. The summed E-state index contributed by atoms with van der Waals surface area (Å²) in [4.78, 5) is 14.4. The second-order valence-electron chi connectivity index (χ2n) is 5.19. The highest BCUT2D eigenvalue weighted by atomic mass is 16.7. The van der Waals surface area contributed by atoms with Gasteiger partial charge in [-0.3, -0.25) is 4.79 Å². The Morgan fingerprint density at radius 3 is 2.80 bits per heavy atom. The van der Waals surface area contributed by atoms with E-state index in [1.807, 2.05) is 11.0 Å². The number of ether oxygens (including phenoxy) is 2. The van der Waals surface area contributed by atoms with Crippen LogP contribution in [0.2, 0.25) is 0 Å². The highest BCUT2D eigenvalue weighted by Crippen LogP contribution is 2.33. The third-order valence-corrected chi connectivity index (χ3v) is 3.89. The van der Waals surface area contributed by atoms with E-state index in [4.69, 9.17) is 9.47 Å². The molecule has 0 aromatic heterocycles. The number of hydrogen-bond acceptors (Lipinski definition) is 4. The van der Waals surface area contributed by atoms with Crippen molar-refractivity contribution in [3.63, 3.8) is 0 Å². The van der Waals surface area contributed by atoms with Crippen LogP contribution in [0.1, 0.15) is 30.1 Å². The fraction of sp³-hybridized carbons (Fsp3) is 0.533. The van der Waals surface area contributed by atoms with Gasteiger partial charge in [0.15, 0.2) is 11.5 Å². The average molecular weight is 276 g/mol. The van der Waals surface area contributed by atoms with Crippen molar-refractivity contribution in [1.82, 2.24) is 10.2 Å². The minimum atomic E-state index is 0.0817. The third kappa shape index (κ3) is 2.58. The Hall–Kier alpha value is -1.75. The summed E-state index contributed by atoms with van der Waals surface area (Å²) in [7, 11) is 0. The quantitative estimate of drug-likeness (QED) is 0.911. The first-order valence-corrected chi connectivity index (χ1v) is 7.20. The van der Waals surface area contributed by atoms with Crippen molar-refractivity contribution in [2.45, 2.75) is 25.8 Å². The number of nitrogens with zero attached hydrogens (tertiary/aromatic N) is 1. The lowest BCUT2D eigenvalue weighted by atomic mass is 10.0. The minimum absolute atomic E-state index is 0.0817. The summed E-state index contributed by atoms with van der Waals surface area (Å²) in [6, 6.07) is 5.94. The molecular weight excluding hydrogens is 256 g/mol. The number of benzene rings is 1. The summed E-state index contributed by atoms with van der Waals surface area (Å²) in [6.07, 6.45) is 2.04. The second-order valence-corrected chi connectivity index (χ2v) is 5.19. The summed E-state index contributed by atoms with van der Waals surface area (Å²) >= 11 is 0. The van der Waals surface area contributed by atoms with Crippen LogP contribution in [0.15, 0.2) is 18.2 Å². The normalized spacial score (nSPS) is 18.4. The minimum Gasteiger partial charge on any atom is -0.454 e. The number of piperidine rings is 1. The van der Waals surface area contributed by atoms with Crippen LogP contribution in [0, 0.1) is 0 Å². The first-order chi connectivity index (χ1) is 9.78. The van der Waals surface area contributed by atoms with Gasteiger partial charge in [-0.2, -0.15) is 0 Å². The van der Waals surface area contributed by atoms with Gasteiger partial charge in [0.05, 0.1) is 0 Å². The number of carbonyl (C=O) groups is 1. The van der Waals surface area contributed by atoms with E-state index >= 15 is 0 Å². The Morgan fingerprint density at radius 1 is 1.30 bits per heavy atom. The van der Waals surface area contributed by atoms with Gasteiger partial charge in [-0.25, -0.2) is 0 Å². The Balaban J connectivity index is 1.65. The maximum atomic E-state index is 12.5. The molecule has 1 N–H and O–H groups in total. The molecule has 5 heteroatoms. The molecule has 0 bridgehead atoms. The number of amides is 1. The summed E-state index contributed by atoms with van der Waals surface area (Å²) in [5.74, 6) is 1.46. The van der Waals surface area contributed by atoms with E-state index in [1.165, 1.54) is 0 Å². The molecule has 1 aromatic carbocycles. The van der Waals surface area contributed by atoms with Gasteiger partial charge in [-0.1, -0.05) is 6.92 Å². The van der Waals surface area contributed by atoms with E-state index in [9.17, 15) is 4.79 Å². The fourth-order valence-corrected chi connectivity index (χ4v) is 2.79. The van der Waals surface area contributed by atoms with Crippen molar-refractivity contribution in [1.29, 1.82) is 0 Å². The van der Waals surface area contributed by atoms with Crippen LogP contribution in [-0.4, -0.2) is 43.3 Å². The summed E-state index contributed by atoms with van der Waals surface area (Å²) in [5.41, 5.74) is 0.677. The molecule has 2 aliphatic rings. The molecule has 20 heavy (non-hydrogen) atoms. The first kappa shape index (κ1) is 13.2. The van der Waals surface area contributed by atoms with Gasteiger partial charge < -0.3 is 19.7 Å². The van der Waals surface area contributed by atoms with Crippen LogP contribution in [0.5, 0.6) is 11.5 Å². The second kappa shape index (κ2) is 5.71. The third-order valence-electron chi connectivity index (χ3n) is 3.89. The summed E-state index contributed by atoms with van der Waals surface area (Å²) < 4.78 is 10.6. The Morgan fingerprint density at radius 2 is 2.05 bits per heavy atom. The zero-order valence-corrected chi connectivity index (χ0v) is 11.7. The molecule has 1 fully saturated rings. The van der Waals surface area contributed by atoms with Gasteiger partial charge in [-0.15, -0.1) is 0 Å². The van der Waals surface area contributed by atoms with Gasteiger partial charge in [0.25, 0.3) is 5.91 Å². The Kier molecular flexibility index (Phi) is 3.78. The largest absolute Gasteiger partial charge is 0.454 e. The molecule has 0 radical (unpaired) electrons. The Bertz CT molecular complexity index is 496. The standard InChI is InChI=1S/C15H20N2O3/c1-2-16-12-5-7-17(8-6-12)15(18)11-3-4-13-14(9-11)20-10-19-13/h3-4,9,12,16H,2,5-8,10H2,1H3. The smallest absolute Gasteiger partial charge is 0.253 e. The lowest BCUT2D eigenvalue weighted by molar-refractivity contribution is 0.0705. The van der Waals surface area contributed by atoms with E-state index < -0.39 is 0 Å². The van der Waals surface area contributed by atoms with Gasteiger partial charge >= 0.3 is 0 Å². The molecule has 5 nitrogen and oxygen atoms in total. The molecule has 108 valence electrons. The topological polar surface area (TPSA) is 50.8 Å². The van der Waals surface area contributed by atoms with Gasteiger partial charge in [-0.05, 0) is 37.6 Å². The molecular formula is C15H20N2O3. The predicted molar refractivity (Wildman–Crippen MR) is 75.2 cm³/mol. The van der Waals surface area contributed by atoms with Crippen LogP contribution < -0.4 is 14.8 Å². The maximum absolute atomic E-state index is 12.5. The SMILES string of the molecule is CCNC1CCN(C(=O)c2ccc3c(c2)OCO3)CC1. The maximum Gasteiger partial charge on any atom is 0.253 e. The highest BCUT2D eigenvalue weighted by Gasteiger charge is 2.24. The van der Waals surface area contributed by atoms with E-state index in [0.29, 0.717) is 23.1 Å². The zero-order chi connectivity index (χ0) is 13.9. The van der Waals surface area contributed by atoms with Crippen LogP contribution in [0.3, 0.4) is 0 Å². The molecule has 3 rings (SSSR count). The van der Waals surface area contributed by atoms with Crippen molar-refractivity contribution in [3.8, 4) is 11.5 Å². The van der Waals surface area contributed by atoms with Crippen LogP contribution in [-0.2, 0) is 0 Å². The van der Waals surface area contributed by atoms with Crippen molar-refractivity contribution < 1.29 is 14.3 Å². The predicted octanol–water partition coefficient (Wildman–Crippen LogP) is 1.63. The van der Waals surface area contributed by atoms with Crippen molar-refractivity contribution in [2.24, 2.45) is 0 Å². The van der Waals surface area contributed by atoms with E-state index in [2.05, 4.69) is 12.2 Å². The van der Waals surface area contributed by atoms with Gasteiger partial charge in [0.2, 0.25) is 6.79 Å². The van der Waals surface area contributed by atoms with Crippen molar-refractivity contribution >= 4 is 5.91 Å². The number of fused-ring (bicyclic) bond motifs is 1. The molecule has 2 aliphatic heterocycles. The highest BCUT2D eigenvalue weighted by molar-refractivity contribution is 5.95. The monoisotopic (exact) mass is 276 g/mol. The molecule has 0 spiro atoms.